The van der Waals surface area contributed by atoms with Crippen molar-refractivity contribution in [1.29, 1.82) is 0 Å². The quantitative estimate of drug-likeness (QED) is 0.713. The van der Waals surface area contributed by atoms with Crippen LogP contribution in [0.15, 0.2) is 0 Å². The van der Waals surface area contributed by atoms with Crippen LogP contribution in [0.1, 0.15) is 39.5 Å². The van der Waals surface area contributed by atoms with Gasteiger partial charge >= 0.3 is 0 Å². The van der Waals surface area contributed by atoms with Gasteiger partial charge in [0.25, 0.3) is 0 Å². The molecule has 0 saturated carbocycles. The second-order valence-corrected chi connectivity index (χ2v) is 4.64. The van der Waals surface area contributed by atoms with Crippen LogP contribution in [0.2, 0.25) is 0 Å². The Morgan fingerprint density at radius 1 is 1.50 bits per heavy atom. The number of hydrogen-bond donors (Lipinski definition) is 0. The lowest BCUT2D eigenvalue weighted by Crippen LogP contribution is -2.40. The summed E-state index contributed by atoms with van der Waals surface area (Å²) < 4.78 is 0. The van der Waals surface area contributed by atoms with Crippen molar-refractivity contribution in [3.05, 3.63) is 0 Å². The first-order valence-corrected chi connectivity index (χ1v) is 6.73. The summed E-state index contributed by atoms with van der Waals surface area (Å²) in [6.45, 7) is 5.17. The van der Waals surface area contributed by atoms with Crippen LogP contribution >= 0.6 is 15.9 Å². The molecule has 2 nitrogen and oxygen atoms in total. The summed E-state index contributed by atoms with van der Waals surface area (Å²) >= 11 is 3.48. The molecule has 1 heterocycles. The molecule has 1 fully saturated rings. The summed E-state index contributed by atoms with van der Waals surface area (Å²) in [7, 11) is 0. The molecule has 1 amide bonds. The predicted octanol–water partition coefficient (Wildman–Crippen LogP) is 2.81. The Morgan fingerprint density at radius 2 is 2.14 bits per heavy atom. The highest BCUT2D eigenvalue weighted by Gasteiger charge is 2.30. The van der Waals surface area contributed by atoms with Gasteiger partial charge in [0.1, 0.15) is 0 Å². The number of hydrogen-bond acceptors (Lipinski definition) is 1. The van der Waals surface area contributed by atoms with Crippen molar-refractivity contribution in [2.45, 2.75) is 45.6 Å². The molecule has 0 aromatic heterocycles. The Hall–Kier alpha value is -0.0500. The zero-order valence-electron chi connectivity index (χ0n) is 9.13. The normalized spacial score (nSPS) is 22.0. The van der Waals surface area contributed by atoms with E-state index in [1.807, 2.05) is 0 Å². The molecule has 1 aliphatic heterocycles. The van der Waals surface area contributed by atoms with Crippen LogP contribution in [0.5, 0.6) is 0 Å². The standard InChI is InChI=1S/C11H20BrNO/c1-3-9(4-2)11(14)13-7-5-6-10(13)8-12/h9-10H,3-8H2,1-2H3/t10-/m0/s1. The lowest BCUT2D eigenvalue weighted by molar-refractivity contribution is -0.136. The van der Waals surface area contributed by atoms with Gasteiger partial charge in [0.2, 0.25) is 5.91 Å². The summed E-state index contributed by atoms with van der Waals surface area (Å²) in [5.74, 6) is 0.617. The Bertz CT molecular complexity index is 192. The number of alkyl halides is 1. The van der Waals surface area contributed by atoms with Crippen molar-refractivity contribution in [2.24, 2.45) is 5.92 Å². The molecule has 82 valence electrons. The van der Waals surface area contributed by atoms with Gasteiger partial charge in [-0.15, -0.1) is 0 Å². The number of carbonyl (C=O) groups excluding carboxylic acids is 1. The Balaban J connectivity index is 2.58. The first-order chi connectivity index (χ1) is 6.74. The third kappa shape index (κ3) is 2.50. The second kappa shape index (κ2) is 5.74. The highest BCUT2D eigenvalue weighted by molar-refractivity contribution is 9.09. The van der Waals surface area contributed by atoms with Crippen LogP contribution in [-0.4, -0.2) is 28.7 Å². The monoisotopic (exact) mass is 261 g/mol. The molecule has 1 aliphatic rings. The topological polar surface area (TPSA) is 20.3 Å². The number of halogens is 1. The highest BCUT2D eigenvalue weighted by atomic mass is 79.9. The van der Waals surface area contributed by atoms with Gasteiger partial charge in [-0.05, 0) is 25.7 Å². The molecular formula is C11H20BrNO. The van der Waals surface area contributed by atoms with Crippen molar-refractivity contribution in [3.8, 4) is 0 Å². The van der Waals surface area contributed by atoms with Crippen molar-refractivity contribution in [1.82, 2.24) is 4.90 Å². The van der Waals surface area contributed by atoms with Crippen molar-refractivity contribution < 1.29 is 4.79 Å². The largest absolute Gasteiger partial charge is 0.339 e. The van der Waals surface area contributed by atoms with E-state index in [9.17, 15) is 4.79 Å². The Kier molecular flexibility index (Phi) is 4.93. The fraction of sp³-hybridized carbons (Fsp3) is 0.909. The van der Waals surface area contributed by atoms with Crippen LogP contribution in [0.4, 0.5) is 0 Å². The molecule has 0 radical (unpaired) electrons. The Labute approximate surface area is 95.2 Å². The number of likely N-dealkylation sites (tertiary alicyclic amines) is 1. The van der Waals surface area contributed by atoms with Gasteiger partial charge < -0.3 is 4.90 Å². The van der Waals surface area contributed by atoms with Crippen molar-refractivity contribution in [2.75, 3.05) is 11.9 Å². The van der Waals surface area contributed by atoms with E-state index < -0.39 is 0 Å². The fourth-order valence-electron chi connectivity index (χ4n) is 2.16. The minimum Gasteiger partial charge on any atom is -0.339 e. The van der Waals surface area contributed by atoms with Crippen LogP contribution < -0.4 is 0 Å². The third-order valence-corrected chi connectivity index (χ3v) is 3.92. The maximum Gasteiger partial charge on any atom is 0.225 e. The van der Waals surface area contributed by atoms with Crippen LogP contribution in [0, 0.1) is 5.92 Å². The van der Waals surface area contributed by atoms with Crippen LogP contribution in [-0.2, 0) is 4.79 Å². The van der Waals surface area contributed by atoms with Gasteiger partial charge in [-0.1, -0.05) is 29.8 Å². The average Bonchev–Trinajstić information content (AvgIpc) is 2.67. The van der Waals surface area contributed by atoms with E-state index in [0.717, 1.165) is 31.1 Å². The number of rotatable bonds is 4. The molecule has 0 aromatic rings. The van der Waals surface area contributed by atoms with Gasteiger partial charge in [-0.2, -0.15) is 0 Å². The number of carbonyl (C=O) groups is 1. The van der Waals surface area contributed by atoms with E-state index in [-0.39, 0.29) is 5.92 Å². The molecule has 0 aliphatic carbocycles. The summed E-state index contributed by atoms with van der Waals surface area (Å²) in [4.78, 5) is 14.2. The van der Waals surface area contributed by atoms with E-state index in [2.05, 4.69) is 34.7 Å². The summed E-state index contributed by atoms with van der Waals surface area (Å²) in [6, 6.07) is 0.447. The molecule has 1 atom stereocenters. The summed E-state index contributed by atoms with van der Waals surface area (Å²) in [6.07, 6.45) is 4.28. The molecule has 0 aromatic carbocycles. The maximum absolute atomic E-state index is 12.1. The van der Waals surface area contributed by atoms with E-state index in [1.165, 1.54) is 6.42 Å². The second-order valence-electron chi connectivity index (χ2n) is 4.00. The molecule has 0 unspecified atom stereocenters. The summed E-state index contributed by atoms with van der Waals surface area (Å²) in [5, 5.41) is 0.929. The zero-order valence-corrected chi connectivity index (χ0v) is 10.7. The average molecular weight is 262 g/mol. The van der Waals surface area contributed by atoms with Gasteiger partial charge in [-0.25, -0.2) is 0 Å². The van der Waals surface area contributed by atoms with E-state index >= 15 is 0 Å². The van der Waals surface area contributed by atoms with Crippen molar-refractivity contribution in [3.63, 3.8) is 0 Å². The minimum atomic E-state index is 0.245. The fourth-order valence-corrected chi connectivity index (χ4v) is 2.83. The van der Waals surface area contributed by atoms with Gasteiger partial charge in [-0.3, -0.25) is 4.79 Å². The smallest absolute Gasteiger partial charge is 0.225 e. The molecule has 0 bridgehead atoms. The lowest BCUT2D eigenvalue weighted by atomic mass is 10.0. The minimum absolute atomic E-state index is 0.245. The molecular weight excluding hydrogens is 242 g/mol. The predicted molar refractivity (Wildman–Crippen MR) is 62.6 cm³/mol. The van der Waals surface area contributed by atoms with Crippen LogP contribution in [0.25, 0.3) is 0 Å². The van der Waals surface area contributed by atoms with E-state index in [4.69, 9.17) is 0 Å². The number of amides is 1. The highest BCUT2D eigenvalue weighted by Crippen LogP contribution is 2.23. The van der Waals surface area contributed by atoms with E-state index in [0.29, 0.717) is 11.9 Å². The molecule has 0 N–H and O–H groups in total. The molecule has 1 saturated heterocycles. The van der Waals surface area contributed by atoms with Crippen molar-refractivity contribution >= 4 is 21.8 Å². The van der Waals surface area contributed by atoms with Crippen LogP contribution in [0.3, 0.4) is 0 Å². The lowest BCUT2D eigenvalue weighted by Gasteiger charge is -2.26. The molecule has 14 heavy (non-hydrogen) atoms. The number of nitrogens with zero attached hydrogens (tertiary/aromatic N) is 1. The Morgan fingerprint density at radius 3 is 2.64 bits per heavy atom. The van der Waals surface area contributed by atoms with Gasteiger partial charge in [0.05, 0.1) is 0 Å². The third-order valence-electron chi connectivity index (χ3n) is 3.17. The molecule has 0 spiro atoms. The molecule has 3 heteroatoms. The SMILES string of the molecule is CCC(CC)C(=O)N1CCC[C@H]1CBr. The first kappa shape index (κ1) is 12.0. The van der Waals surface area contributed by atoms with Gasteiger partial charge in [0, 0.05) is 23.8 Å². The molecule has 1 rings (SSSR count). The summed E-state index contributed by atoms with van der Waals surface area (Å²) in [5.41, 5.74) is 0. The zero-order chi connectivity index (χ0) is 10.6. The maximum atomic E-state index is 12.1. The van der Waals surface area contributed by atoms with E-state index in [1.54, 1.807) is 0 Å². The first-order valence-electron chi connectivity index (χ1n) is 5.61. The van der Waals surface area contributed by atoms with Gasteiger partial charge in [0.15, 0.2) is 0 Å².